The summed E-state index contributed by atoms with van der Waals surface area (Å²) in [7, 11) is 0. The van der Waals surface area contributed by atoms with Crippen LogP contribution in [-0.4, -0.2) is 28.8 Å². The predicted molar refractivity (Wildman–Crippen MR) is 29.2 cm³/mol. The summed E-state index contributed by atoms with van der Waals surface area (Å²) in [6.07, 6.45) is -0.403. The van der Waals surface area contributed by atoms with Crippen LogP contribution in [0.5, 0.6) is 0 Å². The van der Waals surface area contributed by atoms with Crippen molar-refractivity contribution >= 4 is 12.4 Å². The fourth-order valence-electron chi connectivity index (χ4n) is 0.822. The molecule has 0 aromatic rings. The van der Waals surface area contributed by atoms with Gasteiger partial charge in [-0.25, -0.2) is 0 Å². The summed E-state index contributed by atoms with van der Waals surface area (Å²) in [5, 5.41) is 9.59. The van der Waals surface area contributed by atoms with Gasteiger partial charge in [0.2, 0.25) is 0 Å². The Balaban J connectivity index is 2.53. The minimum absolute atomic E-state index is 0.118. The SMILES string of the molecule is O=CON1C(=O)CCC1O. The summed E-state index contributed by atoms with van der Waals surface area (Å²) in [6, 6.07) is 0. The molecule has 1 atom stereocenters. The van der Waals surface area contributed by atoms with Crippen molar-refractivity contribution in [3.8, 4) is 0 Å². The molecule has 10 heavy (non-hydrogen) atoms. The Morgan fingerprint density at radius 3 is 2.90 bits per heavy atom. The van der Waals surface area contributed by atoms with E-state index < -0.39 is 6.23 Å². The Hall–Kier alpha value is -1.10. The third-order valence-electron chi connectivity index (χ3n) is 1.29. The van der Waals surface area contributed by atoms with Gasteiger partial charge >= 0.3 is 6.47 Å². The number of hydrogen-bond donors (Lipinski definition) is 1. The molecule has 0 aromatic carbocycles. The molecule has 5 heteroatoms. The van der Waals surface area contributed by atoms with Crippen molar-refractivity contribution in [1.82, 2.24) is 5.06 Å². The first kappa shape index (κ1) is 7.01. The van der Waals surface area contributed by atoms with Crippen molar-refractivity contribution in [2.75, 3.05) is 0 Å². The zero-order chi connectivity index (χ0) is 7.56. The number of amides is 1. The maximum absolute atomic E-state index is 10.7. The van der Waals surface area contributed by atoms with Gasteiger partial charge in [0.15, 0.2) is 6.23 Å². The molecule has 1 unspecified atom stereocenters. The van der Waals surface area contributed by atoms with Crippen molar-refractivity contribution in [2.24, 2.45) is 0 Å². The zero-order valence-electron chi connectivity index (χ0n) is 5.19. The highest BCUT2D eigenvalue weighted by Gasteiger charge is 2.30. The predicted octanol–water partition coefficient (Wildman–Crippen LogP) is -0.985. The molecule has 1 N–H and O–H groups in total. The number of hydrogen-bond acceptors (Lipinski definition) is 4. The molecule has 1 amide bonds. The highest BCUT2D eigenvalue weighted by atomic mass is 16.7. The van der Waals surface area contributed by atoms with E-state index in [2.05, 4.69) is 4.84 Å². The van der Waals surface area contributed by atoms with E-state index >= 15 is 0 Å². The second-order valence-corrected chi connectivity index (χ2v) is 1.94. The molecule has 0 aromatic heterocycles. The molecule has 56 valence electrons. The minimum atomic E-state index is -0.960. The standard InChI is InChI=1S/C5H7NO4/c7-3-10-6-4(8)1-2-5(6)9/h3-4,8H,1-2H2. The molecule has 5 nitrogen and oxygen atoms in total. The quantitative estimate of drug-likeness (QED) is 0.507. The molecule has 0 bridgehead atoms. The number of aliphatic hydroxyl groups is 1. The highest BCUT2D eigenvalue weighted by Crippen LogP contribution is 2.15. The van der Waals surface area contributed by atoms with Crippen LogP contribution < -0.4 is 0 Å². The van der Waals surface area contributed by atoms with Gasteiger partial charge in [0.05, 0.1) is 0 Å². The van der Waals surface area contributed by atoms with E-state index in [1.807, 2.05) is 0 Å². The van der Waals surface area contributed by atoms with Gasteiger partial charge in [-0.1, -0.05) is 0 Å². The van der Waals surface area contributed by atoms with Crippen molar-refractivity contribution in [1.29, 1.82) is 0 Å². The Kier molecular flexibility index (Phi) is 1.86. The highest BCUT2D eigenvalue weighted by molar-refractivity contribution is 5.77. The van der Waals surface area contributed by atoms with E-state index in [1.165, 1.54) is 0 Å². The van der Waals surface area contributed by atoms with Crippen LogP contribution in [0.4, 0.5) is 0 Å². The molecule has 0 radical (unpaired) electrons. The first-order chi connectivity index (χ1) is 4.75. The monoisotopic (exact) mass is 145 g/mol. The fraction of sp³-hybridized carbons (Fsp3) is 0.600. The second-order valence-electron chi connectivity index (χ2n) is 1.94. The lowest BCUT2D eigenvalue weighted by molar-refractivity contribution is -0.209. The van der Waals surface area contributed by atoms with Gasteiger partial charge in [-0.15, -0.1) is 5.06 Å². The smallest absolute Gasteiger partial charge is 0.321 e. The third-order valence-corrected chi connectivity index (χ3v) is 1.29. The average molecular weight is 145 g/mol. The van der Waals surface area contributed by atoms with Gasteiger partial charge < -0.3 is 9.94 Å². The Morgan fingerprint density at radius 2 is 2.50 bits per heavy atom. The molecule has 1 rings (SSSR count). The molecule has 0 aliphatic carbocycles. The van der Waals surface area contributed by atoms with Gasteiger partial charge in [-0.3, -0.25) is 9.59 Å². The van der Waals surface area contributed by atoms with Crippen LogP contribution in [0.2, 0.25) is 0 Å². The van der Waals surface area contributed by atoms with Crippen molar-refractivity contribution < 1.29 is 19.5 Å². The van der Waals surface area contributed by atoms with Crippen molar-refractivity contribution in [3.05, 3.63) is 0 Å². The molecule has 1 heterocycles. The number of rotatable bonds is 2. The van der Waals surface area contributed by atoms with Crippen molar-refractivity contribution in [3.63, 3.8) is 0 Å². The zero-order valence-corrected chi connectivity index (χ0v) is 5.19. The van der Waals surface area contributed by atoms with Gasteiger partial charge in [0.1, 0.15) is 0 Å². The van der Waals surface area contributed by atoms with E-state index in [0.717, 1.165) is 0 Å². The lowest BCUT2D eigenvalue weighted by Crippen LogP contribution is -2.32. The van der Waals surface area contributed by atoms with Crippen LogP contribution in [0, 0.1) is 0 Å². The van der Waals surface area contributed by atoms with Crippen LogP contribution in [0.15, 0.2) is 0 Å². The molecule has 1 aliphatic heterocycles. The first-order valence-electron chi connectivity index (χ1n) is 2.86. The lowest BCUT2D eigenvalue weighted by atomic mass is 10.4. The molecular weight excluding hydrogens is 138 g/mol. The van der Waals surface area contributed by atoms with E-state index in [9.17, 15) is 9.59 Å². The summed E-state index contributed by atoms with van der Waals surface area (Å²) < 4.78 is 0. The molecule has 1 aliphatic rings. The lowest BCUT2D eigenvalue weighted by Gasteiger charge is -2.14. The maximum atomic E-state index is 10.7. The van der Waals surface area contributed by atoms with E-state index in [0.29, 0.717) is 11.5 Å². The summed E-state index contributed by atoms with van der Waals surface area (Å²) in [6.45, 7) is 0.118. The van der Waals surface area contributed by atoms with Crippen molar-refractivity contribution in [2.45, 2.75) is 19.1 Å². The summed E-state index contributed by atoms with van der Waals surface area (Å²) in [4.78, 5) is 24.6. The third kappa shape index (κ3) is 1.08. The Morgan fingerprint density at radius 1 is 1.80 bits per heavy atom. The van der Waals surface area contributed by atoms with Crippen LogP contribution in [0.3, 0.4) is 0 Å². The Labute approximate surface area is 57.1 Å². The summed E-state index contributed by atoms with van der Waals surface area (Å²) >= 11 is 0. The summed E-state index contributed by atoms with van der Waals surface area (Å²) in [5.41, 5.74) is 0. The molecule has 1 saturated heterocycles. The number of aliphatic hydroxyl groups excluding tert-OH is 1. The maximum Gasteiger partial charge on any atom is 0.321 e. The first-order valence-corrected chi connectivity index (χ1v) is 2.86. The van der Waals surface area contributed by atoms with Crippen LogP contribution in [-0.2, 0) is 14.4 Å². The molecule has 1 fully saturated rings. The fourth-order valence-corrected chi connectivity index (χ4v) is 0.822. The van der Waals surface area contributed by atoms with Gasteiger partial charge in [-0.05, 0) is 0 Å². The topological polar surface area (TPSA) is 66.8 Å². The number of carbonyl (C=O) groups is 2. The van der Waals surface area contributed by atoms with E-state index in [4.69, 9.17) is 5.11 Å². The number of nitrogens with zero attached hydrogens (tertiary/aromatic N) is 1. The average Bonchev–Trinajstić information content (AvgIpc) is 2.20. The minimum Gasteiger partial charge on any atom is -0.370 e. The Bertz CT molecular complexity index is 158. The van der Waals surface area contributed by atoms with E-state index in [-0.39, 0.29) is 18.8 Å². The number of carbonyl (C=O) groups excluding carboxylic acids is 2. The van der Waals surface area contributed by atoms with E-state index in [1.54, 1.807) is 0 Å². The molecule has 0 spiro atoms. The molecule has 0 saturated carbocycles. The van der Waals surface area contributed by atoms with Gasteiger partial charge in [-0.2, -0.15) is 0 Å². The van der Waals surface area contributed by atoms with Crippen LogP contribution in [0.25, 0.3) is 0 Å². The van der Waals surface area contributed by atoms with Gasteiger partial charge in [0, 0.05) is 12.8 Å². The van der Waals surface area contributed by atoms with Crippen LogP contribution in [0.1, 0.15) is 12.8 Å². The largest absolute Gasteiger partial charge is 0.370 e. The summed E-state index contributed by atoms with van der Waals surface area (Å²) in [5.74, 6) is -0.361. The van der Waals surface area contributed by atoms with Gasteiger partial charge in [0.25, 0.3) is 5.91 Å². The second kappa shape index (κ2) is 2.66. The number of hydroxylamine groups is 2. The van der Waals surface area contributed by atoms with Crippen LogP contribution >= 0.6 is 0 Å². The normalized spacial score (nSPS) is 25.1. The molecular formula is C5H7NO4.